The fraction of sp³-hybridized carbons (Fsp3) is 0.222. The number of hydrogen-bond acceptors (Lipinski definition) is 5. The van der Waals surface area contributed by atoms with Gasteiger partial charge in [0.05, 0.1) is 17.3 Å². The van der Waals surface area contributed by atoms with Crippen LogP contribution in [0.4, 0.5) is 5.13 Å². The second-order valence-corrected chi connectivity index (χ2v) is 6.45. The number of nitrogens with one attached hydrogen (secondary N) is 1. The minimum atomic E-state index is -0.647. The number of ether oxygens (including phenoxy) is 2. The molecule has 0 spiro atoms. The fourth-order valence-electron chi connectivity index (χ4n) is 2.22. The summed E-state index contributed by atoms with van der Waals surface area (Å²) in [6.07, 6.45) is -0.647. The van der Waals surface area contributed by atoms with Crippen LogP contribution in [0.5, 0.6) is 11.5 Å². The fourth-order valence-corrected chi connectivity index (χ4v) is 3.19. The van der Waals surface area contributed by atoms with Gasteiger partial charge < -0.3 is 9.47 Å². The highest BCUT2D eigenvalue weighted by molar-refractivity contribution is 7.22. The molecule has 3 aromatic rings. The smallest absolute Gasteiger partial charge is 0.266 e. The van der Waals surface area contributed by atoms with E-state index in [1.807, 2.05) is 31.2 Å². The molecule has 1 heterocycles. The molecule has 0 bridgehead atoms. The number of anilines is 1. The van der Waals surface area contributed by atoms with E-state index in [0.717, 1.165) is 10.2 Å². The third kappa shape index (κ3) is 3.65. The Morgan fingerprint density at radius 1 is 1.21 bits per heavy atom. The lowest BCUT2D eigenvalue weighted by molar-refractivity contribution is -0.122. The van der Waals surface area contributed by atoms with Crippen LogP contribution in [0, 0.1) is 6.92 Å². The predicted molar refractivity (Wildman–Crippen MR) is 96.1 cm³/mol. The second-order valence-electron chi connectivity index (χ2n) is 5.42. The van der Waals surface area contributed by atoms with Crippen LogP contribution in [-0.4, -0.2) is 24.1 Å². The number of aryl methyl sites for hydroxylation is 1. The normalized spacial score (nSPS) is 12.0. The molecule has 124 valence electrons. The van der Waals surface area contributed by atoms with Gasteiger partial charge in [0.15, 0.2) is 11.2 Å². The molecule has 3 rings (SSSR count). The molecule has 6 heteroatoms. The number of methoxy groups -OCH3 is 1. The Morgan fingerprint density at radius 3 is 2.79 bits per heavy atom. The molecule has 0 radical (unpaired) electrons. The maximum Gasteiger partial charge on any atom is 0.266 e. The molecule has 0 fully saturated rings. The summed E-state index contributed by atoms with van der Waals surface area (Å²) in [4.78, 5) is 16.7. The molecule has 1 atom stereocenters. The van der Waals surface area contributed by atoms with Crippen LogP contribution in [-0.2, 0) is 4.79 Å². The molecule has 0 aliphatic carbocycles. The number of aromatic nitrogens is 1. The molecular weight excluding hydrogens is 324 g/mol. The molecule has 1 aromatic heterocycles. The molecule has 2 aromatic carbocycles. The summed E-state index contributed by atoms with van der Waals surface area (Å²) in [6, 6.07) is 13.2. The van der Waals surface area contributed by atoms with Crippen molar-refractivity contribution in [2.45, 2.75) is 20.0 Å². The predicted octanol–water partition coefficient (Wildman–Crippen LogP) is 4.02. The van der Waals surface area contributed by atoms with Crippen molar-refractivity contribution in [2.24, 2.45) is 0 Å². The van der Waals surface area contributed by atoms with Crippen LogP contribution >= 0.6 is 11.3 Å². The minimum absolute atomic E-state index is 0.242. The Morgan fingerprint density at radius 2 is 2.00 bits per heavy atom. The number of carbonyl (C=O) groups excluding carboxylic acids is 1. The summed E-state index contributed by atoms with van der Waals surface area (Å²) in [5.41, 5.74) is 2.04. The number of nitrogens with zero attached hydrogens (tertiary/aromatic N) is 1. The minimum Gasteiger partial charge on any atom is -0.497 e. The van der Waals surface area contributed by atoms with E-state index in [0.29, 0.717) is 16.6 Å². The standard InChI is InChI=1S/C18H18N2O3S/c1-11-7-8-15-16(9-11)24-18(19-15)20-17(21)12(2)23-14-6-4-5-13(10-14)22-3/h4-10,12H,1-3H3,(H,19,20,21). The first-order chi connectivity index (χ1) is 11.5. The first-order valence-corrected chi connectivity index (χ1v) is 8.35. The van der Waals surface area contributed by atoms with Gasteiger partial charge in [-0.25, -0.2) is 4.98 Å². The van der Waals surface area contributed by atoms with Gasteiger partial charge >= 0.3 is 0 Å². The third-order valence-electron chi connectivity index (χ3n) is 3.50. The summed E-state index contributed by atoms with van der Waals surface area (Å²) < 4.78 is 11.9. The number of thiazole rings is 1. The number of benzene rings is 2. The third-order valence-corrected chi connectivity index (χ3v) is 4.43. The van der Waals surface area contributed by atoms with E-state index < -0.39 is 6.10 Å². The van der Waals surface area contributed by atoms with Crippen molar-refractivity contribution in [3.8, 4) is 11.5 Å². The van der Waals surface area contributed by atoms with Crippen LogP contribution < -0.4 is 14.8 Å². The molecule has 0 saturated carbocycles. The zero-order valence-electron chi connectivity index (χ0n) is 13.7. The van der Waals surface area contributed by atoms with E-state index in [9.17, 15) is 4.79 Å². The molecule has 1 amide bonds. The maximum atomic E-state index is 12.3. The van der Waals surface area contributed by atoms with Gasteiger partial charge in [-0.3, -0.25) is 10.1 Å². The summed E-state index contributed by atoms with van der Waals surface area (Å²) in [6.45, 7) is 3.73. The zero-order chi connectivity index (χ0) is 17.1. The van der Waals surface area contributed by atoms with Gasteiger partial charge in [-0.1, -0.05) is 23.5 Å². The zero-order valence-corrected chi connectivity index (χ0v) is 14.5. The van der Waals surface area contributed by atoms with Crippen LogP contribution in [0.3, 0.4) is 0 Å². The largest absolute Gasteiger partial charge is 0.497 e. The van der Waals surface area contributed by atoms with Crippen LogP contribution in [0.2, 0.25) is 0 Å². The number of fused-ring (bicyclic) bond motifs is 1. The van der Waals surface area contributed by atoms with Crippen molar-refractivity contribution in [1.82, 2.24) is 4.98 Å². The summed E-state index contributed by atoms with van der Waals surface area (Å²) in [5, 5.41) is 3.38. The first kappa shape index (κ1) is 16.3. The van der Waals surface area contributed by atoms with Crippen molar-refractivity contribution in [2.75, 3.05) is 12.4 Å². The SMILES string of the molecule is COc1cccc(OC(C)C(=O)Nc2nc3ccc(C)cc3s2)c1. The van der Waals surface area contributed by atoms with Gasteiger partial charge in [0.25, 0.3) is 5.91 Å². The molecule has 24 heavy (non-hydrogen) atoms. The average Bonchev–Trinajstić information content (AvgIpc) is 2.96. The number of hydrogen-bond donors (Lipinski definition) is 1. The van der Waals surface area contributed by atoms with Crippen molar-refractivity contribution >= 4 is 32.6 Å². The molecule has 1 N–H and O–H groups in total. The first-order valence-electron chi connectivity index (χ1n) is 7.54. The Kier molecular flexibility index (Phi) is 4.66. The van der Waals surface area contributed by atoms with Gasteiger partial charge in [-0.2, -0.15) is 0 Å². The van der Waals surface area contributed by atoms with Crippen molar-refractivity contribution in [1.29, 1.82) is 0 Å². The molecule has 5 nitrogen and oxygen atoms in total. The van der Waals surface area contributed by atoms with Crippen LogP contribution in [0.15, 0.2) is 42.5 Å². The van der Waals surface area contributed by atoms with E-state index in [1.54, 1.807) is 26.2 Å². The van der Waals surface area contributed by atoms with Gasteiger partial charge in [-0.15, -0.1) is 0 Å². The van der Waals surface area contributed by atoms with Gasteiger partial charge in [0.1, 0.15) is 11.5 Å². The van der Waals surface area contributed by atoms with Gasteiger partial charge in [0.2, 0.25) is 0 Å². The lowest BCUT2D eigenvalue weighted by Crippen LogP contribution is -2.30. The lowest BCUT2D eigenvalue weighted by Gasteiger charge is -2.14. The maximum absolute atomic E-state index is 12.3. The number of amides is 1. The van der Waals surface area contributed by atoms with E-state index in [1.165, 1.54) is 16.9 Å². The summed E-state index contributed by atoms with van der Waals surface area (Å²) in [7, 11) is 1.59. The lowest BCUT2D eigenvalue weighted by atomic mass is 10.2. The molecule has 0 aliphatic rings. The Bertz CT molecular complexity index is 876. The number of rotatable bonds is 5. The van der Waals surface area contributed by atoms with Crippen molar-refractivity contribution in [3.05, 3.63) is 48.0 Å². The van der Waals surface area contributed by atoms with Crippen LogP contribution in [0.1, 0.15) is 12.5 Å². The van der Waals surface area contributed by atoms with Gasteiger partial charge in [-0.05, 0) is 43.7 Å². The number of carbonyl (C=O) groups is 1. The van der Waals surface area contributed by atoms with E-state index in [4.69, 9.17) is 9.47 Å². The van der Waals surface area contributed by atoms with E-state index in [2.05, 4.69) is 16.4 Å². The van der Waals surface area contributed by atoms with Crippen molar-refractivity contribution < 1.29 is 14.3 Å². The second kappa shape index (κ2) is 6.88. The molecule has 0 aliphatic heterocycles. The quantitative estimate of drug-likeness (QED) is 0.761. The summed E-state index contributed by atoms with van der Waals surface area (Å²) >= 11 is 1.45. The van der Waals surface area contributed by atoms with E-state index in [-0.39, 0.29) is 5.91 Å². The highest BCUT2D eigenvalue weighted by atomic mass is 32.1. The molecular formula is C18H18N2O3S. The Balaban J connectivity index is 1.68. The van der Waals surface area contributed by atoms with Crippen LogP contribution in [0.25, 0.3) is 10.2 Å². The summed E-state index contributed by atoms with van der Waals surface area (Å²) in [5.74, 6) is 1.02. The molecule has 1 unspecified atom stereocenters. The Labute approximate surface area is 144 Å². The Hall–Kier alpha value is -2.60. The van der Waals surface area contributed by atoms with E-state index >= 15 is 0 Å². The molecule has 0 saturated heterocycles. The van der Waals surface area contributed by atoms with Gasteiger partial charge in [0, 0.05) is 6.07 Å². The monoisotopic (exact) mass is 342 g/mol. The van der Waals surface area contributed by atoms with Crippen molar-refractivity contribution in [3.63, 3.8) is 0 Å². The highest BCUT2D eigenvalue weighted by Crippen LogP contribution is 2.27. The average molecular weight is 342 g/mol. The topological polar surface area (TPSA) is 60.5 Å². The highest BCUT2D eigenvalue weighted by Gasteiger charge is 2.17.